The Kier molecular flexibility index (Phi) is 4.15. The Balaban J connectivity index is 1.81. The maximum absolute atomic E-state index is 11.8. The van der Waals surface area contributed by atoms with Gasteiger partial charge in [0.15, 0.2) is 0 Å². The second-order valence-corrected chi connectivity index (χ2v) is 5.34. The van der Waals surface area contributed by atoms with Crippen LogP contribution in [0.25, 0.3) is 0 Å². The van der Waals surface area contributed by atoms with Crippen LogP contribution in [-0.2, 0) is 9.53 Å². The smallest absolute Gasteiger partial charge is 0.242 e. The molecule has 0 radical (unpaired) electrons. The molecule has 1 aliphatic rings. The van der Waals surface area contributed by atoms with E-state index in [0.29, 0.717) is 12.5 Å². The Labute approximate surface area is 105 Å². The summed E-state index contributed by atoms with van der Waals surface area (Å²) in [6.45, 7) is 3.49. The third-order valence-electron chi connectivity index (χ3n) is 3.20. The van der Waals surface area contributed by atoms with Gasteiger partial charge in [-0.2, -0.15) is 0 Å². The van der Waals surface area contributed by atoms with Gasteiger partial charge in [-0.15, -0.1) is 11.3 Å². The van der Waals surface area contributed by atoms with E-state index in [4.69, 9.17) is 10.5 Å². The fourth-order valence-corrected chi connectivity index (χ4v) is 2.71. The van der Waals surface area contributed by atoms with Crippen LogP contribution >= 0.6 is 11.3 Å². The minimum Gasteiger partial charge on any atom is -0.378 e. The fourth-order valence-electron chi connectivity index (χ4n) is 1.98. The van der Waals surface area contributed by atoms with Crippen LogP contribution in [-0.4, -0.2) is 25.2 Å². The van der Waals surface area contributed by atoms with Gasteiger partial charge in [0.05, 0.1) is 6.10 Å². The van der Waals surface area contributed by atoms with E-state index in [1.165, 1.54) is 11.3 Å². The van der Waals surface area contributed by atoms with Crippen molar-refractivity contribution < 1.29 is 9.53 Å². The van der Waals surface area contributed by atoms with E-state index in [1.54, 1.807) is 0 Å². The summed E-state index contributed by atoms with van der Waals surface area (Å²) in [6, 6.07) is 3.24. The summed E-state index contributed by atoms with van der Waals surface area (Å²) in [5.41, 5.74) is 5.87. The summed E-state index contributed by atoms with van der Waals surface area (Å²) < 4.78 is 5.45. The highest BCUT2D eigenvalue weighted by molar-refractivity contribution is 7.10. The number of carbonyl (C=O) groups is 1. The van der Waals surface area contributed by atoms with Gasteiger partial charge < -0.3 is 15.8 Å². The van der Waals surface area contributed by atoms with Gasteiger partial charge in [-0.05, 0) is 24.8 Å². The highest BCUT2D eigenvalue weighted by atomic mass is 32.1. The van der Waals surface area contributed by atoms with E-state index >= 15 is 0 Å². The lowest BCUT2D eigenvalue weighted by molar-refractivity contribution is -0.122. The predicted molar refractivity (Wildman–Crippen MR) is 67.8 cm³/mol. The maximum Gasteiger partial charge on any atom is 0.242 e. The minimum atomic E-state index is -0.548. The molecule has 1 aromatic heterocycles. The molecule has 0 saturated carbocycles. The second kappa shape index (κ2) is 5.62. The summed E-state index contributed by atoms with van der Waals surface area (Å²) in [5, 5.41) is 4.83. The Bertz CT molecular complexity index is 367. The molecule has 0 aliphatic carbocycles. The van der Waals surface area contributed by atoms with E-state index in [0.717, 1.165) is 17.9 Å². The van der Waals surface area contributed by atoms with Gasteiger partial charge >= 0.3 is 0 Å². The fraction of sp³-hybridized carbons (Fsp3) is 0.583. The lowest BCUT2D eigenvalue weighted by Gasteiger charge is -2.16. The molecule has 3 atom stereocenters. The first-order valence-electron chi connectivity index (χ1n) is 5.87. The zero-order valence-corrected chi connectivity index (χ0v) is 10.7. The zero-order valence-electron chi connectivity index (χ0n) is 9.89. The first-order chi connectivity index (χ1) is 8.18. The van der Waals surface area contributed by atoms with Crippen LogP contribution in [0.15, 0.2) is 17.5 Å². The van der Waals surface area contributed by atoms with Crippen molar-refractivity contribution in [3.05, 3.63) is 22.4 Å². The Hall–Kier alpha value is -0.910. The molecular formula is C12H18N2O2S. The van der Waals surface area contributed by atoms with Gasteiger partial charge in [-0.25, -0.2) is 0 Å². The second-order valence-electron chi connectivity index (χ2n) is 4.36. The van der Waals surface area contributed by atoms with Crippen LogP contribution in [0.2, 0.25) is 0 Å². The summed E-state index contributed by atoms with van der Waals surface area (Å²) in [5.74, 6) is 0.307. The highest BCUT2D eigenvalue weighted by Gasteiger charge is 2.25. The summed E-state index contributed by atoms with van der Waals surface area (Å²) in [4.78, 5) is 12.7. The number of nitrogens with one attached hydrogen (secondary N) is 1. The van der Waals surface area contributed by atoms with Gasteiger partial charge in [-0.3, -0.25) is 4.79 Å². The molecule has 0 spiro atoms. The lowest BCUT2D eigenvalue weighted by Crippen LogP contribution is -2.37. The van der Waals surface area contributed by atoms with Crippen LogP contribution in [0.3, 0.4) is 0 Å². The molecule has 94 valence electrons. The van der Waals surface area contributed by atoms with E-state index in [2.05, 4.69) is 5.32 Å². The van der Waals surface area contributed by atoms with Gasteiger partial charge in [0.2, 0.25) is 5.91 Å². The molecule has 0 bridgehead atoms. The quantitative estimate of drug-likeness (QED) is 0.851. The average Bonchev–Trinajstić information content (AvgIpc) is 2.96. The standard InChI is InChI=1S/C12H18N2O2S/c1-8-9(4-5-16-8)7-14-12(15)11(13)10-3-2-6-17-10/h2-3,6,8-9,11H,4-5,7,13H2,1H3,(H,14,15). The Morgan fingerprint density at radius 2 is 2.59 bits per heavy atom. The largest absolute Gasteiger partial charge is 0.378 e. The number of nitrogens with two attached hydrogens (primary N) is 1. The number of hydrogen-bond donors (Lipinski definition) is 2. The van der Waals surface area contributed by atoms with Crippen molar-refractivity contribution in [3.63, 3.8) is 0 Å². The average molecular weight is 254 g/mol. The molecule has 4 nitrogen and oxygen atoms in total. The minimum absolute atomic E-state index is 0.105. The summed E-state index contributed by atoms with van der Waals surface area (Å²) in [7, 11) is 0. The normalized spacial score (nSPS) is 25.8. The van der Waals surface area contributed by atoms with Gasteiger partial charge in [-0.1, -0.05) is 6.07 Å². The molecule has 3 unspecified atom stereocenters. The van der Waals surface area contributed by atoms with Crippen LogP contribution < -0.4 is 11.1 Å². The van der Waals surface area contributed by atoms with Crippen molar-refractivity contribution in [1.82, 2.24) is 5.32 Å². The van der Waals surface area contributed by atoms with E-state index in [-0.39, 0.29) is 12.0 Å². The van der Waals surface area contributed by atoms with Crippen LogP contribution in [0.4, 0.5) is 0 Å². The van der Waals surface area contributed by atoms with Gasteiger partial charge in [0.25, 0.3) is 0 Å². The molecule has 1 aliphatic heterocycles. The number of rotatable bonds is 4. The molecule has 1 aromatic rings. The van der Waals surface area contributed by atoms with E-state index < -0.39 is 6.04 Å². The third-order valence-corrected chi connectivity index (χ3v) is 4.16. The Morgan fingerprint density at radius 3 is 3.18 bits per heavy atom. The van der Waals surface area contributed by atoms with Gasteiger partial charge in [0.1, 0.15) is 6.04 Å². The van der Waals surface area contributed by atoms with E-state index in [9.17, 15) is 4.79 Å². The summed E-state index contributed by atoms with van der Waals surface area (Å²) >= 11 is 1.51. The molecule has 17 heavy (non-hydrogen) atoms. The SMILES string of the molecule is CC1OCCC1CNC(=O)C(N)c1cccs1. The monoisotopic (exact) mass is 254 g/mol. The molecule has 1 amide bonds. The Morgan fingerprint density at radius 1 is 1.76 bits per heavy atom. The van der Waals surface area contributed by atoms with Crippen molar-refractivity contribution in [1.29, 1.82) is 0 Å². The number of ether oxygens (including phenoxy) is 1. The van der Waals surface area contributed by atoms with Crippen molar-refractivity contribution in [2.75, 3.05) is 13.2 Å². The number of amides is 1. The summed E-state index contributed by atoms with van der Waals surface area (Å²) in [6.07, 6.45) is 1.24. The third kappa shape index (κ3) is 3.06. The predicted octanol–water partition coefficient (Wildman–Crippen LogP) is 1.29. The molecule has 3 N–H and O–H groups in total. The molecule has 2 heterocycles. The number of hydrogen-bond acceptors (Lipinski definition) is 4. The lowest BCUT2D eigenvalue weighted by atomic mass is 10.0. The number of thiophene rings is 1. The first kappa shape index (κ1) is 12.5. The topological polar surface area (TPSA) is 64.3 Å². The van der Waals surface area contributed by atoms with Crippen molar-refractivity contribution in [2.24, 2.45) is 11.7 Å². The van der Waals surface area contributed by atoms with E-state index in [1.807, 2.05) is 24.4 Å². The molecule has 1 saturated heterocycles. The van der Waals surface area contributed by atoms with Gasteiger partial charge in [0, 0.05) is 23.9 Å². The molecule has 5 heteroatoms. The zero-order chi connectivity index (χ0) is 12.3. The van der Waals surface area contributed by atoms with Crippen molar-refractivity contribution in [2.45, 2.75) is 25.5 Å². The van der Waals surface area contributed by atoms with Crippen LogP contribution in [0.5, 0.6) is 0 Å². The van der Waals surface area contributed by atoms with Crippen LogP contribution in [0.1, 0.15) is 24.3 Å². The molecule has 2 rings (SSSR count). The molecular weight excluding hydrogens is 236 g/mol. The first-order valence-corrected chi connectivity index (χ1v) is 6.74. The maximum atomic E-state index is 11.8. The van der Waals surface area contributed by atoms with Crippen molar-refractivity contribution >= 4 is 17.2 Å². The molecule has 1 fully saturated rings. The van der Waals surface area contributed by atoms with Crippen LogP contribution in [0, 0.1) is 5.92 Å². The number of carbonyl (C=O) groups excluding carboxylic acids is 1. The highest BCUT2D eigenvalue weighted by Crippen LogP contribution is 2.20. The molecule has 0 aromatic carbocycles. The van der Waals surface area contributed by atoms with Crippen molar-refractivity contribution in [3.8, 4) is 0 Å².